The summed E-state index contributed by atoms with van der Waals surface area (Å²) in [5.74, 6) is 1.15. The van der Waals surface area contributed by atoms with Crippen molar-refractivity contribution in [2.75, 3.05) is 6.54 Å². The van der Waals surface area contributed by atoms with E-state index in [-0.39, 0.29) is 11.3 Å². The number of nitrogens with one attached hydrogen (secondary N) is 1. The molecule has 122 valence electrons. The van der Waals surface area contributed by atoms with Crippen LogP contribution in [-0.2, 0) is 16.8 Å². The summed E-state index contributed by atoms with van der Waals surface area (Å²) in [5, 5.41) is 3.82. The van der Waals surface area contributed by atoms with E-state index in [0.717, 1.165) is 43.6 Å². The smallest absolute Gasteiger partial charge is 0.230 e. The highest BCUT2D eigenvalue weighted by Crippen LogP contribution is 2.44. The first-order valence-corrected chi connectivity index (χ1v) is 8.52. The summed E-state index contributed by atoms with van der Waals surface area (Å²) >= 11 is 5.96. The number of nitrogens with zero attached hydrogens (tertiary/aromatic N) is 2. The molecule has 1 amide bonds. The molecule has 1 aliphatic rings. The average Bonchev–Trinajstić information content (AvgIpc) is 2.90. The first-order chi connectivity index (χ1) is 11.1. The van der Waals surface area contributed by atoms with Crippen molar-refractivity contribution in [1.82, 2.24) is 14.9 Å². The molecule has 0 saturated heterocycles. The highest BCUT2D eigenvalue weighted by Gasteiger charge is 2.45. The van der Waals surface area contributed by atoms with Gasteiger partial charge in [-0.1, -0.05) is 30.2 Å². The van der Waals surface area contributed by atoms with Gasteiger partial charge in [0.25, 0.3) is 0 Å². The van der Waals surface area contributed by atoms with Gasteiger partial charge >= 0.3 is 0 Å². The van der Waals surface area contributed by atoms with Crippen LogP contribution in [0.5, 0.6) is 0 Å². The van der Waals surface area contributed by atoms with Gasteiger partial charge in [-0.25, -0.2) is 4.98 Å². The molecular formula is C18H22ClN3O. The van der Waals surface area contributed by atoms with Crippen molar-refractivity contribution in [1.29, 1.82) is 0 Å². The van der Waals surface area contributed by atoms with Crippen LogP contribution in [0.3, 0.4) is 0 Å². The van der Waals surface area contributed by atoms with Gasteiger partial charge in [-0.2, -0.15) is 0 Å². The third kappa shape index (κ3) is 3.27. The number of carbonyl (C=O) groups is 1. The quantitative estimate of drug-likeness (QED) is 0.824. The molecule has 4 nitrogen and oxygen atoms in total. The molecule has 1 heterocycles. The Balaban J connectivity index is 1.56. The van der Waals surface area contributed by atoms with Crippen LogP contribution in [0.4, 0.5) is 0 Å². The Labute approximate surface area is 141 Å². The minimum atomic E-state index is -0.352. The number of aromatic nitrogens is 2. The molecule has 23 heavy (non-hydrogen) atoms. The van der Waals surface area contributed by atoms with Gasteiger partial charge in [0.15, 0.2) is 0 Å². The van der Waals surface area contributed by atoms with E-state index in [1.807, 2.05) is 37.4 Å². The van der Waals surface area contributed by atoms with E-state index >= 15 is 0 Å². The van der Waals surface area contributed by atoms with Gasteiger partial charge in [-0.3, -0.25) is 4.79 Å². The molecule has 0 unspecified atom stereocenters. The normalized spacial score (nSPS) is 15.9. The number of hydrogen-bond acceptors (Lipinski definition) is 2. The number of rotatable bonds is 6. The van der Waals surface area contributed by atoms with Crippen molar-refractivity contribution in [3.05, 3.63) is 53.1 Å². The van der Waals surface area contributed by atoms with Gasteiger partial charge < -0.3 is 9.88 Å². The van der Waals surface area contributed by atoms with Gasteiger partial charge in [0.2, 0.25) is 5.91 Å². The Morgan fingerprint density at radius 3 is 2.65 bits per heavy atom. The number of aryl methyl sites for hydroxylation is 2. The molecule has 5 heteroatoms. The molecule has 0 bridgehead atoms. The van der Waals surface area contributed by atoms with Gasteiger partial charge in [0.1, 0.15) is 5.82 Å². The minimum Gasteiger partial charge on any atom is -0.355 e. The highest BCUT2D eigenvalue weighted by atomic mass is 35.5. The minimum absolute atomic E-state index is 0.147. The second-order valence-electron chi connectivity index (χ2n) is 6.22. The number of hydrogen-bond donors (Lipinski definition) is 1. The molecular weight excluding hydrogens is 310 g/mol. The topological polar surface area (TPSA) is 46.9 Å². The lowest BCUT2D eigenvalue weighted by Gasteiger charge is -2.40. The maximum absolute atomic E-state index is 12.7. The van der Waals surface area contributed by atoms with Gasteiger partial charge in [0.05, 0.1) is 5.41 Å². The molecule has 1 aromatic heterocycles. The summed E-state index contributed by atoms with van der Waals surface area (Å²) in [4.78, 5) is 16.9. The summed E-state index contributed by atoms with van der Waals surface area (Å²) in [5.41, 5.74) is 0.728. The van der Waals surface area contributed by atoms with Crippen molar-refractivity contribution in [3.63, 3.8) is 0 Å². The van der Waals surface area contributed by atoms with E-state index < -0.39 is 0 Å². The fourth-order valence-electron chi connectivity index (χ4n) is 3.21. The van der Waals surface area contributed by atoms with Crippen LogP contribution >= 0.6 is 11.6 Å². The van der Waals surface area contributed by atoms with Crippen LogP contribution in [0.2, 0.25) is 5.02 Å². The fourth-order valence-corrected chi connectivity index (χ4v) is 3.33. The van der Waals surface area contributed by atoms with E-state index in [0.29, 0.717) is 11.6 Å². The van der Waals surface area contributed by atoms with E-state index in [2.05, 4.69) is 14.9 Å². The van der Waals surface area contributed by atoms with Gasteiger partial charge in [0, 0.05) is 30.5 Å². The monoisotopic (exact) mass is 331 g/mol. The summed E-state index contributed by atoms with van der Waals surface area (Å²) in [6.07, 6.45) is 7.61. The first-order valence-electron chi connectivity index (χ1n) is 8.14. The lowest BCUT2D eigenvalue weighted by atomic mass is 9.64. The Bertz CT molecular complexity index is 674. The van der Waals surface area contributed by atoms with E-state index in [9.17, 15) is 4.79 Å². The third-order valence-corrected chi connectivity index (χ3v) is 5.08. The molecule has 2 aromatic rings. The SMILES string of the molecule is Cc1nccn1CCCNC(=O)C1(c2ccc(Cl)cc2)CCC1. The third-order valence-electron chi connectivity index (χ3n) is 4.82. The van der Waals surface area contributed by atoms with E-state index in [1.54, 1.807) is 6.20 Å². The molecule has 1 N–H and O–H groups in total. The first kappa shape index (κ1) is 16.1. The Kier molecular flexibility index (Phi) is 4.71. The van der Waals surface area contributed by atoms with Crippen molar-refractivity contribution >= 4 is 17.5 Å². The summed E-state index contributed by atoms with van der Waals surface area (Å²) in [6, 6.07) is 7.70. The van der Waals surface area contributed by atoms with Gasteiger partial charge in [-0.15, -0.1) is 0 Å². The lowest BCUT2D eigenvalue weighted by Crippen LogP contribution is -2.49. The summed E-state index contributed by atoms with van der Waals surface area (Å²) in [7, 11) is 0. The summed E-state index contributed by atoms with van der Waals surface area (Å²) < 4.78 is 2.10. The largest absolute Gasteiger partial charge is 0.355 e. The van der Waals surface area contributed by atoms with E-state index in [4.69, 9.17) is 11.6 Å². The number of carbonyl (C=O) groups excluding carboxylic acids is 1. The van der Waals surface area contributed by atoms with Crippen molar-refractivity contribution in [3.8, 4) is 0 Å². The van der Waals surface area contributed by atoms with Crippen molar-refractivity contribution in [2.24, 2.45) is 0 Å². The Morgan fingerprint density at radius 2 is 2.09 bits per heavy atom. The number of halogens is 1. The maximum Gasteiger partial charge on any atom is 0.230 e. The molecule has 0 aliphatic heterocycles. The molecule has 1 fully saturated rings. The van der Waals surface area contributed by atoms with Crippen LogP contribution in [0.25, 0.3) is 0 Å². The lowest BCUT2D eigenvalue weighted by molar-refractivity contribution is -0.129. The zero-order valence-corrected chi connectivity index (χ0v) is 14.1. The fraction of sp³-hybridized carbons (Fsp3) is 0.444. The second kappa shape index (κ2) is 6.75. The van der Waals surface area contributed by atoms with Crippen LogP contribution in [0, 0.1) is 6.92 Å². The van der Waals surface area contributed by atoms with Crippen LogP contribution in [0.15, 0.2) is 36.7 Å². The predicted octanol–water partition coefficient (Wildman–Crippen LogP) is 3.47. The molecule has 1 aliphatic carbocycles. The zero-order chi connectivity index (χ0) is 16.3. The summed E-state index contributed by atoms with van der Waals surface area (Å²) in [6.45, 7) is 3.55. The number of benzene rings is 1. The van der Waals surface area contributed by atoms with Crippen LogP contribution < -0.4 is 5.32 Å². The van der Waals surface area contributed by atoms with Crippen LogP contribution in [0.1, 0.15) is 37.1 Å². The predicted molar refractivity (Wildman–Crippen MR) is 91.6 cm³/mol. The number of imidazole rings is 1. The number of amides is 1. The molecule has 3 rings (SSSR count). The van der Waals surface area contributed by atoms with Crippen LogP contribution in [-0.4, -0.2) is 22.0 Å². The van der Waals surface area contributed by atoms with Gasteiger partial charge in [-0.05, 0) is 43.9 Å². The highest BCUT2D eigenvalue weighted by molar-refractivity contribution is 6.30. The van der Waals surface area contributed by atoms with Crippen molar-refractivity contribution < 1.29 is 4.79 Å². The molecule has 0 spiro atoms. The Morgan fingerprint density at radius 1 is 1.35 bits per heavy atom. The second-order valence-corrected chi connectivity index (χ2v) is 6.66. The molecule has 1 saturated carbocycles. The maximum atomic E-state index is 12.7. The van der Waals surface area contributed by atoms with E-state index in [1.165, 1.54) is 0 Å². The molecule has 0 atom stereocenters. The standard InChI is InChI=1S/C18H22ClN3O/c1-14-20-11-13-22(14)12-3-10-21-17(23)18(8-2-9-18)15-4-6-16(19)7-5-15/h4-7,11,13H,2-3,8-10,12H2,1H3,(H,21,23). The van der Waals surface area contributed by atoms with Crippen molar-refractivity contribution in [2.45, 2.75) is 44.6 Å². The Hall–Kier alpha value is -1.81. The zero-order valence-electron chi connectivity index (χ0n) is 13.4. The molecule has 1 aromatic carbocycles. The molecule has 0 radical (unpaired) electrons. The average molecular weight is 332 g/mol.